The standard InChI is InChI=1S/C36H30O16/c37-20-6-1-16(11-24(20)41)13-27(34(45)46)50-29(44)10-5-18-3-9-23(40)33-30(18)31(32(52-33)19-4-8-22(39)26(43)15-19)36(49)51-28(35(47)48)14-17-2-7-21(38)25(42)12-17/h1-12,15,27-28,31-32,37-43H,13-14H2,(H,45,46)(H,47,48)/b10-5+/t27?,28?,31-,32+/m1/s1. The van der Waals surface area contributed by atoms with E-state index in [9.17, 15) is 65.1 Å². The summed E-state index contributed by atoms with van der Waals surface area (Å²) >= 11 is 0. The number of aromatic hydroxyl groups is 7. The first kappa shape index (κ1) is 36.2. The lowest BCUT2D eigenvalue weighted by molar-refractivity contribution is -0.166. The molecule has 0 aliphatic carbocycles. The van der Waals surface area contributed by atoms with Crippen LogP contribution in [-0.4, -0.2) is 82.0 Å². The molecule has 52 heavy (non-hydrogen) atoms. The molecule has 1 aliphatic rings. The smallest absolute Gasteiger partial charge is 0.345 e. The number of carbonyl (C=O) groups is 4. The van der Waals surface area contributed by atoms with Crippen molar-refractivity contribution in [2.75, 3.05) is 0 Å². The number of hydrogen-bond acceptors (Lipinski definition) is 14. The zero-order valence-electron chi connectivity index (χ0n) is 26.6. The summed E-state index contributed by atoms with van der Waals surface area (Å²) in [6.45, 7) is 0. The van der Waals surface area contributed by atoms with E-state index in [1.807, 2.05) is 0 Å². The second-order valence-corrected chi connectivity index (χ2v) is 11.6. The average Bonchev–Trinajstić information content (AvgIpc) is 3.50. The Bertz CT molecular complexity index is 2090. The molecule has 0 radical (unpaired) electrons. The highest BCUT2D eigenvalue weighted by Gasteiger charge is 2.46. The van der Waals surface area contributed by atoms with Crippen molar-refractivity contribution in [3.05, 3.63) is 101 Å². The van der Waals surface area contributed by atoms with E-state index in [1.165, 1.54) is 24.3 Å². The second kappa shape index (κ2) is 14.8. The lowest BCUT2D eigenvalue weighted by Gasteiger charge is -2.22. The molecule has 0 bridgehead atoms. The van der Waals surface area contributed by atoms with Gasteiger partial charge in [-0.25, -0.2) is 14.4 Å². The summed E-state index contributed by atoms with van der Waals surface area (Å²) in [7, 11) is 0. The molecule has 0 spiro atoms. The van der Waals surface area contributed by atoms with Crippen LogP contribution >= 0.6 is 0 Å². The van der Waals surface area contributed by atoms with Crippen molar-refractivity contribution in [1.82, 2.24) is 0 Å². The van der Waals surface area contributed by atoms with Crippen LogP contribution in [0.3, 0.4) is 0 Å². The third-order valence-corrected chi connectivity index (χ3v) is 8.04. The predicted molar refractivity (Wildman–Crippen MR) is 175 cm³/mol. The highest BCUT2D eigenvalue weighted by Crippen LogP contribution is 2.53. The largest absolute Gasteiger partial charge is 0.504 e. The minimum atomic E-state index is -1.84. The van der Waals surface area contributed by atoms with E-state index in [2.05, 4.69) is 0 Å². The van der Waals surface area contributed by atoms with Gasteiger partial charge >= 0.3 is 23.9 Å². The van der Waals surface area contributed by atoms with Gasteiger partial charge in [-0.15, -0.1) is 0 Å². The Labute approximate surface area is 292 Å². The summed E-state index contributed by atoms with van der Waals surface area (Å²) in [4.78, 5) is 50.9. The summed E-state index contributed by atoms with van der Waals surface area (Å²) < 4.78 is 16.5. The molecule has 4 aromatic rings. The molecule has 4 atom stereocenters. The van der Waals surface area contributed by atoms with E-state index in [4.69, 9.17) is 14.2 Å². The van der Waals surface area contributed by atoms with Crippen molar-refractivity contribution < 1.29 is 79.3 Å². The zero-order valence-corrected chi connectivity index (χ0v) is 26.6. The number of aliphatic carboxylic acids is 2. The minimum absolute atomic E-state index is 0.0443. The molecule has 5 rings (SSSR count). The fourth-order valence-corrected chi connectivity index (χ4v) is 5.49. The normalized spacial score (nSPS) is 16.0. The summed E-state index contributed by atoms with van der Waals surface area (Å²) in [5.41, 5.74) is 0.445. The molecule has 4 aromatic carbocycles. The van der Waals surface area contributed by atoms with Gasteiger partial charge in [-0.3, -0.25) is 4.79 Å². The molecule has 16 heteroatoms. The third kappa shape index (κ3) is 7.86. The summed E-state index contributed by atoms with van der Waals surface area (Å²) in [5, 5.41) is 89.1. The Balaban J connectivity index is 1.47. The number of carbonyl (C=O) groups excluding carboxylic acids is 2. The molecule has 0 saturated heterocycles. The van der Waals surface area contributed by atoms with Gasteiger partial charge in [0.2, 0.25) is 12.2 Å². The van der Waals surface area contributed by atoms with Crippen LogP contribution in [0, 0.1) is 0 Å². The number of ether oxygens (including phenoxy) is 3. The Morgan fingerprint density at radius 3 is 1.65 bits per heavy atom. The number of carboxylic acid groups (broad SMARTS) is 2. The van der Waals surface area contributed by atoms with Gasteiger partial charge in [0.25, 0.3) is 0 Å². The topological polar surface area (TPSA) is 278 Å². The number of phenols is 7. The van der Waals surface area contributed by atoms with Crippen molar-refractivity contribution >= 4 is 30.0 Å². The summed E-state index contributed by atoms with van der Waals surface area (Å²) in [5.74, 6) is -10.8. The van der Waals surface area contributed by atoms with E-state index in [1.54, 1.807) is 0 Å². The number of esters is 2. The Morgan fingerprint density at radius 1 is 0.635 bits per heavy atom. The molecule has 0 aromatic heterocycles. The Kier molecular flexibility index (Phi) is 10.3. The van der Waals surface area contributed by atoms with Gasteiger partial charge < -0.3 is 60.2 Å². The maximum atomic E-state index is 13.9. The van der Waals surface area contributed by atoms with Crippen LogP contribution < -0.4 is 4.74 Å². The van der Waals surface area contributed by atoms with Crippen LogP contribution in [0.1, 0.15) is 39.8 Å². The van der Waals surface area contributed by atoms with Crippen molar-refractivity contribution in [3.63, 3.8) is 0 Å². The van der Waals surface area contributed by atoms with Crippen LogP contribution in [0.2, 0.25) is 0 Å². The van der Waals surface area contributed by atoms with Gasteiger partial charge in [-0.1, -0.05) is 24.3 Å². The third-order valence-electron chi connectivity index (χ3n) is 8.04. The molecule has 1 heterocycles. The van der Waals surface area contributed by atoms with Crippen LogP contribution in [0.15, 0.2) is 72.8 Å². The minimum Gasteiger partial charge on any atom is -0.504 e. The second-order valence-electron chi connectivity index (χ2n) is 11.6. The maximum Gasteiger partial charge on any atom is 0.345 e. The van der Waals surface area contributed by atoms with Gasteiger partial charge in [-0.05, 0) is 70.8 Å². The summed E-state index contributed by atoms with van der Waals surface area (Å²) in [6, 6.07) is 13.0. The molecular formula is C36H30O16. The van der Waals surface area contributed by atoms with Crippen molar-refractivity contribution in [2.24, 2.45) is 0 Å². The highest BCUT2D eigenvalue weighted by molar-refractivity contribution is 5.92. The quantitative estimate of drug-likeness (QED) is 0.0577. The summed E-state index contributed by atoms with van der Waals surface area (Å²) in [6.07, 6.45) is -3.85. The first-order valence-corrected chi connectivity index (χ1v) is 15.2. The monoisotopic (exact) mass is 718 g/mol. The molecule has 9 N–H and O–H groups in total. The van der Waals surface area contributed by atoms with E-state index in [-0.39, 0.29) is 40.0 Å². The molecule has 270 valence electrons. The van der Waals surface area contributed by atoms with Crippen molar-refractivity contribution in [2.45, 2.75) is 37.1 Å². The van der Waals surface area contributed by atoms with E-state index in [0.29, 0.717) is 0 Å². The molecule has 1 aliphatic heterocycles. The van der Waals surface area contributed by atoms with Crippen molar-refractivity contribution in [1.29, 1.82) is 0 Å². The molecule has 0 saturated carbocycles. The zero-order chi connectivity index (χ0) is 37.9. The van der Waals surface area contributed by atoms with Crippen LogP contribution in [-0.2, 0) is 41.5 Å². The lowest BCUT2D eigenvalue weighted by Crippen LogP contribution is -2.33. The average molecular weight is 719 g/mol. The molecule has 0 amide bonds. The number of benzene rings is 4. The highest BCUT2D eigenvalue weighted by atomic mass is 16.6. The number of rotatable bonds is 12. The maximum absolute atomic E-state index is 13.9. The first-order valence-electron chi connectivity index (χ1n) is 15.2. The van der Waals surface area contributed by atoms with Gasteiger partial charge in [0.05, 0.1) is 0 Å². The SMILES string of the molecule is O=C(/C=C/c1ccc(O)c2c1[C@@H](C(=O)OC(Cc1ccc(O)c(O)c1)C(=O)O)[C@H](c1ccc(O)c(O)c1)O2)OC(Cc1ccc(O)c(O)c1)C(=O)O. The Hall–Kier alpha value is -7.10. The van der Waals surface area contributed by atoms with E-state index >= 15 is 0 Å². The fraction of sp³-hybridized carbons (Fsp3) is 0.167. The van der Waals surface area contributed by atoms with Crippen LogP contribution in [0.25, 0.3) is 6.08 Å². The number of carboxylic acids is 2. The van der Waals surface area contributed by atoms with E-state index in [0.717, 1.165) is 54.6 Å². The van der Waals surface area contributed by atoms with Gasteiger partial charge in [-0.2, -0.15) is 0 Å². The fourth-order valence-electron chi connectivity index (χ4n) is 5.49. The van der Waals surface area contributed by atoms with Crippen molar-refractivity contribution in [3.8, 4) is 46.0 Å². The molecule has 16 nitrogen and oxygen atoms in total. The lowest BCUT2D eigenvalue weighted by atomic mass is 9.87. The number of fused-ring (bicyclic) bond motifs is 1. The van der Waals surface area contributed by atoms with Gasteiger partial charge in [0.15, 0.2) is 46.0 Å². The molecule has 2 unspecified atom stereocenters. The Morgan fingerprint density at radius 2 is 1.13 bits per heavy atom. The molecular weight excluding hydrogens is 688 g/mol. The first-order chi connectivity index (χ1) is 24.6. The predicted octanol–water partition coefficient (Wildman–Crippen LogP) is 3.33. The van der Waals surface area contributed by atoms with Crippen LogP contribution in [0.4, 0.5) is 0 Å². The van der Waals surface area contributed by atoms with Gasteiger partial charge in [0.1, 0.15) is 12.0 Å². The van der Waals surface area contributed by atoms with E-state index < -0.39 is 94.8 Å². The molecule has 0 fully saturated rings. The van der Waals surface area contributed by atoms with Crippen LogP contribution in [0.5, 0.6) is 46.0 Å². The van der Waals surface area contributed by atoms with Gasteiger partial charge in [0, 0.05) is 24.5 Å². The number of hydrogen-bond donors (Lipinski definition) is 9. The number of phenolic OH excluding ortho intramolecular Hbond substituents is 7.